The molecule has 2 aliphatic rings. The van der Waals surface area contributed by atoms with E-state index in [2.05, 4.69) is 15.4 Å². The molecule has 1 aromatic carbocycles. The van der Waals surface area contributed by atoms with Crippen molar-refractivity contribution in [3.8, 4) is 0 Å². The van der Waals surface area contributed by atoms with Gasteiger partial charge >= 0.3 is 5.97 Å². The normalized spacial score (nSPS) is 19.6. The number of hydrazone groups is 1. The molecule has 0 bridgehead atoms. The molecule has 1 amide bonds. The molecule has 25 heavy (non-hydrogen) atoms. The van der Waals surface area contributed by atoms with Crippen molar-refractivity contribution in [3.63, 3.8) is 0 Å². The van der Waals surface area contributed by atoms with E-state index in [0.29, 0.717) is 11.6 Å². The number of carbonyl (C=O) groups is 2. The number of hydrogen-bond acceptors (Lipinski definition) is 6. The molecule has 0 spiro atoms. The summed E-state index contributed by atoms with van der Waals surface area (Å²) in [5.74, 6) is -0.942. The highest BCUT2D eigenvalue weighted by Crippen LogP contribution is 2.44. The van der Waals surface area contributed by atoms with Gasteiger partial charge in [-0.05, 0) is 25.0 Å². The van der Waals surface area contributed by atoms with Gasteiger partial charge < -0.3 is 10.4 Å². The third kappa shape index (κ3) is 3.12. The van der Waals surface area contributed by atoms with Gasteiger partial charge in [-0.3, -0.25) is 9.80 Å². The Morgan fingerprint density at radius 3 is 2.68 bits per heavy atom. The molecule has 2 N–H and O–H groups in total. The van der Waals surface area contributed by atoms with Crippen LogP contribution in [0.4, 0.5) is 10.7 Å². The number of nitrogens with one attached hydrogen (secondary N) is 1. The number of anilines is 2. The summed E-state index contributed by atoms with van der Waals surface area (Å²) < 4.78 is 0. The first-order chi connectivity index (χ1) is 12.1. The molecule has 0 radical (unpaired) electrons. The third-order valence-electron chi connectivity index (χ3n) is 4.26. The Kier molecular flexibility index (Phi) is 3.96. The summed E-state index contributed by atoms with van der Waals surface area (Å²) in [6.07, 6.45) is 2.25. The van der Waals surface area contributed by atoms with Gasteiger partial charge in [0, 0.05) is 12.3 Å². The Labute approximate surface area is 148 Å². The molecule has 1 aromatic heterocycles. The van der Waals surface area contributed by atoms with Gasteiger partial charge in [-0.2, -0.15) is 5.10 Å². The topological polar surface area (TPSA) is 94.9 Å². The summed E-state index contributed by atoms with van der Waals surface area (Å²) >= 11 is 1.38. The van der Waals surface area contributed by atoms with Crippen molar-refractivity contribution >= 4 is 39.6 Å². The molecule has 2 aromatic rings. The number of nitrogens with zero attached hydrogens (tertiary/aromatic N) is 3. The largest absolute Gasteiger partial charge is 0.480 e. The zero-order valence-electron chi connectivity index (χ0n) is 13.3. The molecular formula is C17H16N4O3S. The van der Waals surface area contributed by atoms with E-state index in [1.807, 2.05) is 6.07 Å². The lowest BCUT2D eigenvalue weighted by molar-refractivity contribution is -0.138. The Morgan fingerprint density at radius 1 is 1.24 bits per heavy atom. The van der Waals surface area contributed by atoms with Crippen molar-refractivity contribution < 1.29 is 14.7 Å². The summed E-state index contributed by atoms with van der Waals surface area (Å²) in [5, 5.41) is 18.7. The predicted molar refractivity (Wildman–Crippen MR) is 95.1 cm³/mol. The molecule has 1 saturated carbocycles. The van der Waals surface area contributed by atoms with Crippen LogP contribution in [0.15, 0.2) is 40.9 Å². The molecule has 7 nitrogen and oxygen atoms in total. The molecular weight excluding hydrogens is 340 g/mol. The molecule has 1 fully saturated rings. The number of para-hydroxylation sites is 1. The van der Waals surface area contributed by atoms with E-state index < -0.39 is 12.0 Å². The first-order valence-electron chi connectivity index (χ1n) is 8.03. The minimum atomic E-state index is -1.01. The van der Waals surface area contributed by atoms with Crippen LogP contribution in [0.5, 0.6) is 0 Å². The van der Waals surface area contributed by atoms with Gasteiger partial charge in [0.2, 0.25) is 0 Å². The SMILES string of the molecule is O=C(Nc1scnc1C1CC1)C1=NN(c2ccccc2)C(C(=O)O)C1. The molecule has 0 saturated heterocycles. The number of thiazole rings is 1. The summed E-state index contributed by atoms with van der Waals surface area (Å²) in [5.41, 5.74) is 3.50. The highest BCUT2D eigenvalue weighted by molar-refractivity contribution is 7.14. The highest BCUT2D eigenvalue weighted by atomic mass is 32.1. The van der Waals surface area contributed by atoms with E-state index in [1.165, 1.54) is 16.3 Å². The minimum absolute atomic E-state index is 0.0631. The number of aliphatic carboxylic acids is 1. The third-order valence-corrected chi connectivity index (χ3v) is 5.02. The van der Waals surface area contributed by atoms with E-state index in [4.69, 9.17) is 0 Å². The van der Waals surface area contributed by atoms with Gasteiger partial charge in [0.1, 0.15) is 10.7 Å². The fourth-order valence-electron chi connectivity index (χ4n) is 2.83. The molecule has 4 rings (SSSR count). The monoisotopic (exact) mass is 356 g/mol. The van der Waals surface area contributed by atoms with Gasteiger partial charge in [0.05, 0.1) is 16.9 Å². The summed E-state index contributed by atoms with van der Waals surface area (Å²) in [6, 6.07) is 8.12. The maximum absolute atomic E-state index is 12.6. The summed E-state index contributed by atoms with van der Waals surface area (Å²) in [7, 11) is 0. The second kappa shape index (κ2) is 6.29. The Morgan fingerprint density at radius 2 is 2.00 bits per heavy atom. The minimum Gasteiger partial charge on any atom is -0.480 e. The zero-order chi connectivity index (χ0) is 17.4. The van der Waals surface area contributed by atoms with Gasteiger partial charge in [0.25, 0.3) is 5.91 Å². The molecule has 1 atom stereocenters. The number of rotatable bonds is 5. The predicted octanol–water partition coefficient (Wildman–Crippen LogP) is 2.68. The molecule has 1 unspecified atom stereocenters. The molecule has 1 aliphatic carbocycles. The van der Waals surface area contributed by atoms with Crippen LogP contribution < -0.4 is 10.3 Å². The quantitative estimate of drug-likeness (QED) is 0.859. The summed E-state index contributed by atoms with van der Waals surface area (Å²) in [6.45, 7) is 0. The van der Waals surface area contributed by atoms with Crippen molar-refractivity contribution in [2.75, 3.05) is 10.3 Å². The Hall–Kier alpha value is -2.74. The van der Waals surface area contributed by atoms with Crippen LogP contribution in [-0.2, 0) is 9.59 Å². The van der Waals surface area contributed by atoms with Crippen LogP contribution in [0.3, 0.4) is 0 Å². The van der Waals surface area contributed by atoms with Crippen LogP contribution in [0, 0.1) is 0 Å². The molecule has 1 aliphatic heterocycles. The van der Waals surface area contributed by atoms with Gasteiger partial charge in [-0.25, -0.2) is 9.78 Å². The second-order valence-corrected chi connectivity index (χ2v) is 6.93. The summed E-state index contributed by atoms with van der Waals surface area (Å²) in [4.78, 5) is 28.5. The number of carboxylic acid groups (broad SMARTS) is 1. The first-order valence-corrected chi connectivity index (χ1v) is 8.90. The Bertz CT molecular complexity index is 845. The van der Waals surface area contributed by atoms with Crippen molar-refractivity contribution in [2.45, 2.75) is 31.2 Å². The lowest BCUT2D eigenvalue weighted by Gasteiger charge is -2.19. The standard InChI is InChI=1S/C17H16N4O3S/c22-15(19-16-14(10-6-7-10)18-9-25-16)12-8-13(17(23)24)21(20-12)11-4-2-1-3-5-11/h1-5,9-10,13H,6-8H2,(H,19,22)(H,23,24). The fraction of sp³-hybridized carbons (Fsp3) is 0.294. The van der Waals surface area contributed by atoms with Gasteiger partial charge in [0.15, 0.2) is 6.04 Å². The average Bonchev–Trinajstić information content (AvgIpc) is 3.18. The highest BCUT2D eigenvalue weighted by Gasteiger charge is 2.37. The smallest absolute Gasteiger partial charge is 0.328 e. The number of benzene rings is 1. The second-order valence-electron chi connectivity index (χ2n) is 6.08. The Balaban J connectivity index is 1.56. The van der Waals surface area contributed by atoms with Crippen molar-refractivity contribution in [2.24, 2.45) is 5.10 Å². The number of hydrogen-bond donors (Lipinski definition) is 2. The fourth-order valence-corrected chi connectivity index (χ4v) is 3.59. The van der Waals surface area contributed by atoms with Crippen LogP contribution in [0.25, 0.3) is 0 Å². The maximum atomic E-state index is 12.6. The van der Waals surface area contributed by atoms with Crippen LogP contribution in [-0.4, -0.2) is 33.7 Å². The molecule has 128 valence electrons. The van der Waals surface area contributed by atoms with Gasteiger partial charge in [-0.1, -0.05) is 18.2 Å². The molecule has 8 heteroatoms. The van der Waals surface area contributed by atoms with E-state index >= 15 is 0 Å². The van der Waals surface area contributed by atoms with Gasteiger partial charge in [-0.15, -0.1) is 11.3 Å². The maximum Gasteiger partial charge on any atom is 0.328 e. The van der Waals surface area contributed by atoms with Crippen molar-refractivity contribution in [1.82, 2.24) is 4.98 Å². The lowest BCUT2D eigenvalue weighted by atomic mass is 10.1. The number of carbonyl (C=O) groups excluding carboxylic acids is 1. The van der Waals surface area contributed by atoms with Crippen LogP contribution >= 0.6 is 11.3 Å². The average molecular weight is 356 g/mol. The van der Waals surface area contributed by atoms with E-state index in [9.17, 15) is 14.7 Å². The zero-order valence-corrected chi connectivity index (χ0v) is 14.1. The van der Waals surface area contributed by atoms with E-state index in [0.717, 1.165) is 23.5 Å². The lowest BCUT2D eigenvalue weighted by Crippen LogP contribution is -2.34. The number of amides is 1. The van der Waals surface area contributed by atoms with Crippen LogP contribution in [0.2, 0.25) is 0 Å². The van der Waals surface area contributed by atoms with Crippen molar-refractivity contribution in [3.05, 3.63) is 41.5 Å². The number of aromatic nitrogens is 1. The first kappa shape index (κ1) is 15.8. The van der Waals surface area contributed by atoms with Crippen LogP contribution in [0.1, 0.15) is 30.9 Å². The van der Waals surface area contributed by atoms with E-state index in [1.54, 1.807) is 29.8 Å². The number of carboxylic acids is 1. The van der Waals surface area contributed by atoms with E-state index in [-0.39, 0.29) is 18.0 Å². The van der Waals surface area contributed by atoms with Crippen molar-refractivity contribution in [1.29, 1.82) is 0 Å². The molecule has 2 heterocycles.